The van der Waals surface area contributed by atoms with Gasteiger partial charge in [0.05, 0.1) is 20.1 Å². The average Bonchev–Trinajstić information content (AvgIpc) is 2.65. The molecule has 0 radical (unpaired) electrons. The smallest absolute Gasteiger partial charge is 0.310 e. The highest BCUT2D eigenvalue weighted by Gasteiger charge is 2.29. The fraction of sp³-hybridized carbons (Fsp3) is 0.619. The molecular weight excluding hydrogens is 330 g/mol. The lowest BCUT2D eigenvalue weighted by atomic mass is 9.94. The van der Waals surface area contributed by atoms with Gasteiger partial charge in [0.2, 0.25) is 0 Å². The molecule has 0 N–H and O–H groups in total. The number of benzene rings is 1. The molecule has 0 heterocycles. The van der Waals surface area contributed by atoms with Crippen LogP contribution in [0.4, 0.5) is 0 Å². The van der Waals surface area contributed by atoms with Gasteiger partial charge in [-0.15, -0.1) is 0 Å². The summed E-state index contributed by atoms with van der Waals surface area (Å²) in [6.07, 6.45) is 7.93. The molecule has 1 unspecified atom stereocenters. The van der Waals surface area contributed by atoms with Gasteiger partial charge in [-0.3, -0.25) is 9.59 Å². The number of hydrogen-bond donors (Lipinski definition) is 0. The van der Waals surface area contributed by atoms with Crippen molar-refractivity contribution in [3.8, 4) is 5.75 Å². The van der Waals surface area contributed by atoms with E-state index in [1.165, 1.54) is 26.4 Å². The molecule has 0 saturated heterocycles. The molecule has 1 amide bonds. The van der Waals surface area contributed by atoms with Gasteiger partial charge in [-0.05, 0) is 31.0 Å². The quantitative estimate of drug-likeness (QED) is 0.717. The van der Waals surface area contributed by atoms with Gasteiger partial charge in [-0.25, -0.2) is 0 Å². The summed E-state index contributed by atoms with van der Waals surface area (Å²) >= 11 is 0. The molecule has 5 heteroatoms. The summed E-state index contributed by atoms with van der Waals surface area (Å²) < 4.78 is 10.1. The maximum Gasteiger partial charge on any atom is 0.310 e. The van der Waals surface area contributed by atoms with Crippen LogP contribution in [0.15, 0.2) is 24.3 Å². The van der Waals surface area contributed by atoms with E-state index in [4.69, 9.17) is 9.47 Å². The third kappa shape index (κ3) is 5.48. The fourth-order valence-electron chi connectivity index (χ4n) is 3.64. The third-order valence-electron chi connectivity index (χ3n) is 5.17. The van der Waals surface area contributed by atoms with Crippen LogP contribution < -0.4 is 4.74 Å². The van der Waals surface area contributed by atoms with E-state index in [9.17, 15) is 9.59 Å². The van der Waals surface area contributed by atoms with Crippen LogP contribution in [0.25, 0.3) is 0 Å². The summed E-state index contributed by atoms with van der Waals surface area (Å²) in [5.74, 6) is -0.000931. The number of amides is 1. The fourth-order valence-corrected chi connectivity index (χ4v) is 3.64. The molecule has 1 atom stereocenters. The van der Waals surface area contributed by atoms with Crippen molar-refractivity contribution in [2.75, 3.05) is 20.8 Å². The molecule has 1 aliphatic carbocycles. The summed E-state index contributed by atoms with van der Waals surface area (Å²) in [5, 5.41) is 0. The molecule has 5 nitrogen and oxygen atoms in total. The molecule has 0 spiro atoms. The summed E-state index contributed by atoms with van der Waals surface area (Å²) in [6, 6.07) is 7.39. The summed E-state index contributed by atoms with van der Waals surface area (Å²) in [5.41, 5.74) is 0.600. The minimum atomic E-state index is -0.347. The monoisotopic (exact) mass is 361 g/mol. The van der Waals surface area contributed by atoms with E-state index < -0.39 is 0 Å². The molecule has 0 aromatic heterocycles. The molecule has 2 rings (SSSR count). The Bertz CT molecular complexity index is 593. The Morgan fingerprint density at radius 2 is 1.77 bits per heavy atom. The second-order valence-corrected chi connectivity index (χ2v) is 7.11. The van der Waals surface area contributed by atoms with Crippen LogP contribution in [0.1, 0.15) is 62.2 Å². The van der Waals surface area contributed by atoms with Crippen LogP contribution >= 0.6 is 0 Å². The predicted molar refractivity (Wildman–Crippen MR) is 101 cm³/mol. The van der Waals surface area contributed by atoms with Crippen molar-refractivity contribution in [2.45, 2.75) is 57.9 Å². The number of nitrogens with zero attached hydrogens (tertiary/aromatic N) is 1. The Labute approximate surface area is 156 Å². The van der Waals surface area contributed by atoms with Gasteiger partial charge in [0.15, 0.2) is 0 Å². The van der Waals surface area contributed by atoms with Crippen molar-refractivity contribution in [1.29, 1.82) is 0 Å². The first kappa shape index (κ1) is 20.3. The first-order valence-electron chi connectivity index (χ1n) is 9.59. The van der Waals surface area contributed by atoms with Crippen LogP contribution in [0.5, 0.6) is 5.75 Å². The van der Waals surface area contributed by atoms with Gasteiger partial charge in [-0.2, -0.15) is 0 Å². The molecule has 0 bridgehead atoms. The van der Waals surface area contributed by atoms with E-state index in [1.54, 1.807) is 13.2 Å². The number of carbonyl (C=O) groups excluding carboxylic acids is 2. The lowest BCUT2D eigenvalue weighted by molar-refractivity contribution is -0.145. The maximum atomic E-state index is 13.3. The third-order valence-corrected chi connectivity index (χ3v) is 5.17. The number of ether oxygens (including phenoxy) is 2. The molecule has 1 aliphatic rings. The normalized spacial score (nSPS) is 16.9. The topological polar surface area (TPSA) is 55.8 Å². The van der Waals surface area contributed by atoms with E-state index >= 15 is 0 Å². The van der Waals surface area contributed by atoms with Crippen LogP contribution in [0, 0.1) is 5.92 Å². The predicted octanol–water partition coefficient (Wildman–Crippen LogP) is 4.06. The summed E-state index contributed by atoms with van der Waals surface area (Å²) in [6.45, 7) is 2.20. The molecule has 1 aromatic rings. The van der Waals surface area contributed by atoms with E-state index in [-0.39, 0.29) is 23.8 Å². The standard InChI is InChI=1S/C21H31NO4/c1-16(21(24)26-3)15-22(18-11-7-5-4-6-8-12-18)20(23)17-10-9-13-19(14-17)25-2/h9-10,13-14,16,18H,4-8,11-12,15H2,1-3H3. The van der Waals surface area contributed by atoms with Crippen molar-refractivity contribution in [2.24, 2.45) is 5.92 Å². The lowest BCUT2D eigenvalue weighted by Gasteiger charge is -2.34. The van der Waals surface area contributed by atoms with Crippen LogP contribution in [0.2, 0.25) is 0 Å². The Balaban J connectivity index is 2.24. The van der Waals surface area contributed by atoms with Crippen LogP contribution in [-0.4, -0.2) is 43.6 Å². The van der Waals surface area contributed by atoms with Crippen LogP contribution in [0.3, 0.4) is 0 Å². The molecule has 1 aromatic carbocycles. The summed E-state index contributed by atoms with van der Waals surface area (Å²) in [4.78, 5) is 27.1. The van der Waals surface area contributed by atoms with Gasteiger partial charge in [0.1, 0.15) is 5.75 Å². The zero-order valence-corrected chi connectivity index (χ0v) is 16.2. The first-order valence-corrected chi connectivity index (χ1v) is 9.59. The molecule has 1 saturated carbocycles. The van der Waals surface area contributed by atoms with Gasteiger partial charge in [0, 0.05) is 18.2 Å². The first-order chi connectivity index (χ1) is 12.6. The number of hydrogen-bond acceptors (Lipinski definition) is 4. The lowest BCUT2D eigenvalue weighted by Crippen LogP contribution is -2.44. The highest BCUT2D eigenvalue weighted by molar-refractivity contribution is 5.95. The molecule has 0 aliphatic heterocycles. The zero-order valence-electron chi connectivity index (χ0n) is 16.2. The van der Waals surface area contributed by atoms with E-state index in [2.05, 4.69) is 0 Å². The van der Waals surface area contributed by atoms with Gasteiger partial charge in [0.25, 0.3) is 5.91 Å². The maximum absolute atomic E-state index is 13.3. The Hall–Kier alpha value is -2.04. The van der Waals surface area contributed by atoms with Gasteiger partial charge in [-0.1, -0.05) is 45.1 Å². The van der Waals surface area contributed by atoms with E-state index in [0.29, 0.717) is 17.9 Å². The number of esters is 1. The number of rotatable bonds is 6. The minimum absolute atomic E-state index is 0.0368. The van der Waals surface area contributed by atoms with Gasteiger partial charge < -0.3 is 14.4 Å². The Morgan fingerprint density at radius 3 is 2.38 bits per heavy atom. The molecular formula is C21H31NO4. The van der Waals surface area contributed by atoms with E-state index in [1.807, 2.05) is 30.0 Å². The zero-order chi connectivity index (χ0) is 18.9. The minimum Gasteiger partial charge on any atom is -0.497 e. The van der Waals surface area contributed by atoms with Crippen molar-refractivity contribution in [1.82, 2.24) is 4.90 Å². The average molecular weight is 361 g/mol. The van der Waals surface area contributed by atoms with Crippen molar-refractivity contribution in [3.05, 3.63) is 29.8 Å². The number of methoxy groups -OCH3 is 2. The molecule has 144 valence electrons. The van der Waals surface area contributed by atoms with Crippen molar-refractivity contribution in [3.63, 3.8) is 0 Å². The summed E-state index contributed by atoms with van der Waals surface area (Å²) in [7, 11) is 2.98. The van der Waals surface area contributed by atoms with Gasteiger partial charge >= 0.3 is 5.97 Å². The van der Waals surface area contributed by atoms with Crippen LogP contribution in [-0.2, 0) is 9.53 Å². The largest absolute Gasteiger partial charge is 0.497 e. The second-order valence-electron chi connectivity index (χ2n) is 7.11. The Kier molecular flexibility index (Phi) is 7.95. The van der Waals surface area contributed by atoms with E-state index in [0.717, 1.165) is 25.7 Å². The van der Waals surface area contributed by atoms with Crippen molar-refractivity contribution >= 4 is 11.9 Å². The highest BCUT2D eigenvalue weighted by Crippen LogP contribution is 2.25. The molecule has 26 heavy (non-hydrogen) atoms. The second kappa shape index (κ2) is 10.2. The molecule has 1 fully saturated rings. The SMILES string of the molecule is COC(=O)C(C)CN(C(=O)c1cccc(OC)c1)C1CCCCCCC1. The van der Waals surface area contributed by atoms with Crippen molar-refractivity contribution < 1.29 is 19.1 Å². The Morgan fingerprint density at radius 1 is 1.12 bits per heavy atom. The number of carbonyl (C=O) groups is 2. The highest BCUT2D eigenvalue weighted by atomic mass is 16.5.